The number of H-pyrrole nitrogens is 1. The molecule has 168 valence electrons. The van der Waals surface area contributed by atoms with E-state index in [1.54, 1.807) is 0 Å². The molecule has 3 aromatic rings. The number of nitrogens with zero attached hydrogens (tertiary/aromatic N) is 2. The maximum absolute atomic E-state index is 12.9. The Balaban J connectivity index is 2.05. The minimum Gasteiger partial charge on any atom is -0.481 e. The molecular weight excluding hydrogens is 480 g/mol. The third-order valence-corrected chi connectivity index (χ3v) is 7.46. The smallest absolute Gasteiger partial charge is 0.266 e. The monoisotopic (exact) mass is 495 g/mol. The van der Waals surface area contributed by atoms with Crippen LogP contribution in [0.15, 0.2) is 34.3 Å². The molecule has 0 amide bonds. The number of aromatic nitrogens is 3. The summed E-state index contributed by atoms with van der Waals surface area (Å²) in [6, 6.07) is 2.59. The van der Waals surface area contributed by atoms with E-state index in [9.17, 15) is 25.6 Å². The third kappa shape index (κ3) is 4.56. The van der Waals surface area contributed by atoms with Crippen molar-refractivity contribution in [3.05, 3.63) is 35.1 Å². The Morgan fingerprint density at radius 2 is 1.94 bits per heavy atom. The van der Waals surface area contributed by atoms with Crippen LogP contribution in [0.1, 0.15) is 5.56 Å². The zero-order valence-corrected chi connectivity index (χ0v) is 18.4. The van der Waals surface area contributed by atoms with Crippen molar-refractivity contribution in [2.24, 2.45) is 0 Å². The Labute approximate surface area is 181 Å². The van der Waals surface area contributed by atoms with Crippen LogP contribution in [0.5, 0.6) is 5.88 Å². The second kappa shape index (κ2) is 8.53. The molecule has 0 aliphatic heterocycles. The summed E-state index contributed by atoms with van der Waals surface area (Å²) in [5.74, 6) is -0.623. The molecule has 0 aliphatic rings. The molecule has 3 rings (SSSR count). The van der Waals surface area contributed by atoms with Crippen LogP contribution in [0.25, 0.3) is 10.9 Å². The van der Waals surface area contributed by atoms with Crippen LogP contribution in [0.3, 0.4) is 0 Å². The molecule has 10 nitrogen and oxygen atoms in total. The summed E-state index contributed by atoms with van der Waals surface area (Å²) in [7, 11) is -5.92. The molecule has 0 unspecified atom stereocenters. The number of fused-ring (bicyclic) bond motifs is 1. The van der Waals surface area contributed by atoms with Gasteiger partial charge in [-0.05, 0) is 19.2 Å². The number of aromatic amines is 1. The lowest BCUT2D eigenvalue weighted by Crippen LogP contribution is -2.19. The van der Waals surface area contributed by atoms with Gasteiger partial charge in [0.05, 0.1) is 17.6 Å². The molecule has 31 heavy (non-hydrogen) atoms. The lowest BCUT2D eigenvalue weighted by molar-refractivity contribution is 0.147. The lowest BCUT2D eigenvalue weighted by atomic mass is 10.2. The number of nitrogens with one attached hydrogen (secondary N) is 3. The summed E-state index contributed by atoms with van der Waals surface area (Å²) in [5, 5.41) is -0.0599. The molecule has 15 heteroatoms. The molecule has 0 fully saturated rings. The maximum Gasteiger partial charge on any atom is 0.266 e. The van der Waals surface area contributed by atoms with E-state index in [0.29, 0.717) is 0 Å². The summed E-state index contributed by atoms with van der Waals surface area (Å²) in [5.41, 5.74) is -0.0166. The highest BCUT2D eigenvalue weighted by Crippen LogP contribution is 2.33. The van der Waals surface area contributed by atoms with E-state index in [2.05, 4.69) is 24.4 Å². The number of rotatable bonds is 8. The van der Waals surface area contributed by atoms with Gasteiger partial charge in [0.2, 0.25) is 28.3 Å². The van der Waals surface area contributed by atoms with Crippen LogP contribution >= 0.6 is 11.6 Å². The molecule has 0 saturated carbocycles. The SMILES string of the molecule is CNS(=O)(=O)c1c(Cl)ccc2c(S(=O)(=O)Nc3ncc(CC(F)F)c(OC)n3)c[nH]c12. The number of halogens is 3. The van der Waals surface area contributed by atoms with Gasteiger partial charge in [-0.1, -0.05) is 11.6 Å². The molecular formula is C16H16ClF2N5O5S2. The molecule has 3 N–H and O–H groups in total. The first-order chi connectivity index (χ1) is 14.5. The molecule has 0 atom stereocenters. The van der Waals surface area contributed by atoms with Gasteiger partial charge in [-0.25, -0.2) is 40.0 Å². The molecule has 0 aliphatic carbocycles. The van der Waals surface area contributed by atoms with Gasteiger partial charge in [-0.15, -0.1) is 0 Å². The van der Waals surface area contributed by atoms with Gasteiger partial charge in [0, 0.05) is 29.8 Å². The van der Waals surface area contributed by atoms with Crippen molar-refractivity contribution in [3.8, 4) is 5.88 Å². The van der Waals surface area contributed by atoms with Crippen LogP contribution in [0.4, 0.5) is 14.7 Å². The molecule has 2 heterocycles. The average molecular weight is 496 g/mol. The van der Waals surface area contributed by atoms with E-state index in [0.717, 1.165) is 12.4 Å². The summed E-state index contributed by atoms with van der Waals surface area (Å²) in [4.78, 5) is 9.55. The topological polar surface area (TPSA) is 143 Å². The number of benzene rings is 1. The first-order valence-corrected chi connectivity index (χ1v) is 11.8. The fourth-order valence-corrected chi connectivity index (χ4v) is 5.36. The second-order valence-electron chi connectivity index (χ2n) is 6.09. The van der Waals surface area contributed by atoms with Crippen LogP contribution in [0.2, 0.25) is 5.02 Å². The summed E-state index contributed by atoms with van der Waals surface area (Å²) in [6.07, 6.45) is -1.22. The van der Waals surface area contributed by atoms with Gasteiger partial charge in [0.1, 0.15) is 9.79 Å². The van der Waals surface area contributed by atoms with E-state index in [-0.39, 0.29) is 37.2 Å². The fourth-order valence-electron chi connectivity index (χ4n) is 2.81. The number of hydrogen-bond acceptors (Lipinski definition) is 7. The molecule has 0 bridgehead atoms. The summed E-state index contributed by atoms with van der Waals surface area (Å²) in [6.45, 7) is 0. The molecule has 0 spiro atoms. The largest absolute Gasteiger partial charge is 0.481 e. The summed E-state index contributed by atoms with van der Waals surface area (Å²) >= 11 is 6.01. The van der Waals surface area contributed by atoms with Crippen molar-refractivity contribution < 1.29 is 30.4 Å². The van der Waals surface area contributed by atoms with E-state index < -0.39 is 38.8 Å². The van der Waals surface area contributed by atoms with E-state index >= 15 is 0 Å². The van der Waals surface area contributed by atoms with Crippen molar-refractivity contribution in [1.82, 2.24) is 19.7 Å². The predicted molar refractivity (Wildman–Crippen MR) is 109 cm³/mol. The molecule has 0 radical (unpaired) electrons. The Morgan fingerprint density at radius 3 is 2.55 bits per heavy atom. The third-order valence-electron chi connectivity index (χ3n) is 4.17. The predicted octanol–water partition coefficient (Wildman–Crippen LogP) is 2.14. The normalized spacial score (nSPS) is 12.5. The van der Waals surface area contributed by atoms with E-state index in [4.69, 9.17) is 16.3 Å². The highest BCUT2D eigenvalue weighted by atomic mass is 35.5. The van der Waals surface area contributed by atoms with Gasteiger partial charge in [0.15, 0.2) is 0 Å². The van der Waals surface area contributed by atoms with Crippen LogP contribution in [-0.2, 0) is 26.5 Å². The van der Waals surface area contributed by atoms with Gasteiger partial charge >= 0.3 is 0 Å². The standard InChI is InChI=1S/C16H16ClF2N5O5S2/c1-20-31(27,28)14-10(17)4-3-9-11(7-21-13(9)14)30(25,26)24-16-22-6-8(5-12(18)19)15(23-16)29-2/h3-4,6-7,12,20-21H,5H2,1-2H3,(H,22,23,24). The highest BCUT2D eigenvalue weighted by Gasteiger charge is 2.27. The van der Waals surface area contributed by atoms with Crippen molar-refractivity contribution in [1.29, 1.82) is 0 Å². The van der Waals surface area contributed by atoms with Crippen molar-refractivity contribution in [2.75, 3.05) is 18.9 Å². The Morgan fingerprint density at radius 1 is 1.23 bits per heavy atom. The average Bonchev–Trinajstić information content (AvgIpc) is 3.12. The first-order valence-electron chi connectivity index (χ1n) is 8.44. The minimum atomic E-state index is -4.31. The molecule has 2 aromatic heterocycles. The van der Waals surface area contributed by atoms with Crippen LogP contribution in [-0.4, -0.2) is 52.4 Å². The fraction of sp³-hybridized carbons (Fsp3) is 0.250. The Hall–Kier alpha value is -2.55. The van der Waals surface area contributed by atoms with Crippen molar-refractivity contribution in [2.45, 2.75) is 22.6 Å². The van der Waals surface area contributed by atoms with Crippen molar-refractivity contribution in [3.63, 3.8) is 0 Å². The number of sulfonamides is 2. The Kier molecular flexibility index (Phi) is 6.36. The Bertz CT molecular complexity index is 1350. The highest BCUT2D eigenvalue weighted by molar-refractivity contribution is 7.93. The van der Waals surface area contributed by atoms with E-state index in [1.165, 1.54) is 26.3 Å². The quantitative estimate of drug-likeness (QED) is 0.434. The number of anilines is 1. The number of ether oxygens (including phenoxy) is 1. The maximum atomic E-state index is 12.9. The first kappa shape index (κ1) is 23.1. The minimum absolute atomic E-state index is 0.00379. The molecule has 0 saturated heterocycles. The zero-order chi connectivity index (χ0) is 23.0. The molecule has 1 aromatic carbocycles. The van der Waals surface area contributed by atoms with Gasteiger partial charge in [0.25, 0.3) is 10.0 Å². The van der Waals surface area contributed by atoms with Crippen LogP contribution < -0.4 is 14.2 Å². The van der Waals surface area contributed by atoms with Gasteiger partial charge in [-0.2, -0.15) is 4.98 Å². The number of alkyl halides is 2. The van der Waals surface area contributed by atoms with E-state index in [1.807, 2.05) is 0 Å². The second-order valence-corrected chi connectivity index (χ2v) is 9.97. The van der Waals surface area contributed by atoms with Gasteiger partial charge in [-0.3, -0.25) is 0 Å². The van der Waals surface area contributed by atoms with Crippen LogP contribution in [0, 0.1) is 0 Å². The zero-order valence-electron chi connectivity index (χ0n) is 16.0. The lowest BCUT2D eigenvalue weighted by Gasteiger charge is -2.10. The van der Waals surface area contributed by atoms with Gasteiger partial charge < -0.3 is 9.72 Å². The number of methoxy groups -OCH3 is 1. The summed E-state index contributed by atoms with van der Waals surface area (Å²) < 4.78 is 84.8. The van der Waals surface area contributed by atoms with Crippen molar-refractivity contribution >= 4 is 48.5 Å². The number of hydrogen-bond donors (Lipinski definition) is 3.